The second-order valence-electron chi connectivity index (χ2n) is 4.33. The van der Waals surface area contributed by atoms with Gasteiger partial charge >= 0.3 is 0 Å². The number of anilines is 2. The summed E-state index contributed by atoms with van der Waals surface area (Å²) in [6, 6.07) is 13.9. The fourth-order valence-corrected chi connectivity index (χ4v) is 2.30. The van der Waals surface area contributed by atoms with Crippen LogP contribution in [0.1, 0.15) is 11.3 Å². The Morgan fingerprint density at radius 2 is 2.00 bits per heavy atom. The van der Waals surface area contributed by atoms with Gasteiger partial charge in [-0.15, -0.1) is 0 Å². The number of pyridine rings is 1. The molecule has 2 heterocycles. The first kappa shape index (κ1) is 10.8. The number of rotatable bonds is 2. The highest BCUT2D eigenvalue weighted by Gasteiger charge is 2.20. The maximum absolute atomic E-state index is 7.44. The van der Waals surface area contributed by atoms with E-state index < -0.39 is 0 Å². The zero-order valence-electron chi connectivity index (χ0n) is 9.93. The molecule has 0 aliphatic carbocycles. The van der Waals surface area contributed by atoms with Gasteiger partial charge in [-0.3, -0.25) is 5.41 Å². The van der Waals surface area contributed by atoms with E-state index in [1.807, 2.05) is 18.2 Å². The molecular weight excluding hydrogens is 224 g/mol. The Bertz CT molecular complexity index is 606. The molecule has 0 amide bonds. The van der Waals surface area contributed by atoms with Gasteiger partial charge < -0.3 is 10.6 Å². The van der Waals surface area contributed by atoms with Gasteiger partial charge in [-0.2, -0.15) is 0 Å². The first-order valence-electron chi connectivity index (χ1n) is 5.92. The van der Waals surface area contributed by atoms with E-state index in [0.717, 1.165) is 18.8 Å². The van der Waals surface area contributed by atoms with Crippen molar-refractivity contribution in [2.24, 2.45) is 5.73 Å². The fraction of sp³-hybridized carbons (Fsp3) is 0.143. The number of nitrogens with zero attached hydrogens (tertiary/aromatic N) is 2. The highest BCUT2D eigenvalue weighted by Crippen LogP contribution is 2.32. The van der Waals surface area contributed by atoms with E-state index in [-0.39, 0.29) is 5.84 Å². The fourth-order valence-electron chi connectivity index (χ4n) is 2.30. The van der Waals surface area contributed by atoms with Crippen LogP contribution in [0.4, 0.5) is 11.5 Å². The number of fused-ring (bicyclic) bond motifs is 1. The normalized spacial score (nSPS) is 13.4. The van der Waals surface area contributed by atoms with Crippen LogP contribution in [-0.4, -0.2) is 17.4 Å². The molecule has 0 spiro atoms. The summed E-state index contributed by atoms with van der Waals surface area (Å²) in [5.41, 5.74) is 8.54. The number of hydrogen-bond donors (Lipinski definition) is 2. The first-order valence-corrected chi connectivity index (χ1v) is 5.92. The molecule has 0 radical (unpaired) electrons. The standard InChI is InChI=1S/C14H14N4/c15-14(16)11-5-3-7-13(17-11)18-9-8-10-4-1-2-6-12(10)18/h1-7H,8-9H2,(H3,15,16). The summed E-state index contributed by atoms with van der Waals surface area (Å²) in [5, 5.41) is 7.44. The number of amidine groups is 1. The molecule has 1 aromatic carbocycles. The van der Waals surface area contributed by atoms with Crippen molar-refractivity contribution in [1.82, 2.24) is 4.98 Å². The van der Waals surface area contributed by atoms with Gasteiger partial charge in [0.2, 0.25) is 0 Å². The maximum atomic E-state index is 7.44. The van der Waals surface area contributed by atoms with Crippen LogP contribution in [0, 0.1) is 5.41 Å². The molecule has 1 aliphatic rings. The topological polar surface area (TPSA) is 66.0 Å². The molecule has 3 rings (SSSR count). The Kier molecular flexibility index (Phi) is 2.48. The van der Waals surface area contributed by atoms with E-state index in [2.05, 4.69) is 28.1 Å². The van der Waals surface area contributed by atoms with Gasteiger partial charge in [0.05, 0.1) is 0 Å². The lowest BCUT2D eigenvalue weighted by Crippen LogP contribution is -2.18. The van der Waals surface area contributed by atoms with E-state index in [1.165, 1.54) is 11.3 Å². The highest BCUT2D eigenvalue weighted by molar-refractivity contribution is 5.93. The summed E-state index contributed by atoms with van der Waals surface area (Å²) in [4.78, 5) is 6.60. The van der Waals surface area contributed by atoms with Crippen molar-refractivity contribution < 1.29 is 0 Å². The Morgan fingerprint density at radius 1 is 1.17 bits per heavy atom. The quantitative estimate of drug-likeness (QED) is 0.621. The number of nitrogens with one attached hydrogen (secondary N) is 1. The molecule has 1 aliphatic heterocycles. The third kappa shape index (κ3) is 1.72. The zero-order valence-corrected chi connectivity index (χ0v) is 9.93. The van der Waals surface area contributed by atoms with Crippen LogP contribution in [-0.2, 0) is 6.42 Å². The van der Waals surface area contributed by atoms with Crippen LogP contribution in [0.5, 0.6) is 0 Å². The van der Waals surface area contributed by atoms with Crippen LogP contribution in [0.15, 0.2) is 42.5 Å². The molecule has 0 saturated heterocycles. The maximum Gasteiger partial charge on any atom is 0.141 e. The molecular formula is C14H14N4. The predicted octanol–water partition coefficient (Wildman–Crippen LogP) is 2.06. The number of para-hydroxylation sites is 1. The van der Waals surface area contributed by atoms with Crippen molar-refractivity contribution in [2.75, 3.05) is 11.4 Å². The van der Waals surface area contributed by atoms with E-state index in [1.54, 1.807) is 6.07 Å². The van der Waals surface area contributed by atoms with Crippen molar-refractivity contribution in [1.29, 1.82) is 5.41 Å². The summed E-state index contributed by atoms with van der Waals surface area (Å²) >= 11 is 0. The van der Waals surface area contributed by atoms with Crippen molar-refractivity contribution >= 4 is 17.3 Å². The molecule has 0 saturated carbocycles. The third-order valence-corrected chi connectivity index (χ3v) is 3.17. The van der Waals surface area contributed by atoms with Gasteiger partial charge in [0, 0.05) is 12.2 Å². The van der Waals surface area contributed by atoms with Crippen LogP contribution in [0.3, 0.4) is 0 Å². The lowest BCUT2D eigenvalue weighted by molar-refractivity contribution is 0.972. The molecule has 0 atom stereocenters. The van der Waals surface area contributed by atoms with Gasteiger partial charge in [-0.05, 0) is 30.2 Å². The third-order valence-electron chi connectivity index (χ3n) is 3.17. The van der Waals surface area contributed by atoms with E-state index in [4.69, 9.17) is 11.1 Å². The van der Waals surface area contributed by atoms with Crippen LogP contribution in [0.2, 0.25) is 0 Å². The molecule has 0 fully saturated rings. The number of hydrogen-bond acceptors (Lipinski definition) is 3. The van der Waals surface area contributed by atoms with Crippen molar-refractivity contribution in [3.63, 3.8) is 0 Å². The van der Waals surface area contributed by atoms with Gasteiger partial charge in [0.15, 0.2) is 0 Å². The smallest absolute Gasteiger partial charge is 0.141 e. The van der Waals surface area contributed by atoms with Crippen LogP contribution in [0.25, 0.3) is 0 Å². The van der Waals surface area contributed by atoms with Gasteiger partial charge in [-0.1, -0.05) is 24.3 Å². The monoisotopic (exact) mass is 238 g/mol. The molecule has 3 N–H and O–H groups in total. The van der Waals surface area contributed by atoms with Gasteiger partial charge in [0.1, 0.15) is 17.3 Å². The molecule has 2 aromatic rings. The van der Waals surface area contributed by atoms with Crippen molar-refractivity contribution in [3.8, 4) is 0 Å². The van der Waals surface area contributed by atoms with E-state index in [0.29, 0.717) is 5.69 Å². The summed E-state index contributed by atoms with van der Waals surface area (Å²) < 4.78 is 0. The molecule has 0 unspecified atom stereocenters. The largest absolute Gasteiger partial charge is 0.382 e. The lowest BCUT2D eigenvalue weighted by Gasteiger charge is -2.18. The zero-order chi connectivity index (χ0) is 12.5. The first-order chi connectivity index (χ1) is 8.75. The summed E-state index contributed by atoms with van der Waals surface area (Å²) in [6.45, 7) is 0.924. The average Bonchev–Trinajstić information content (AvgIpc) is 2.82. The minimum Gasteiger partial charge on any atom is -0.382 e. The molecule has 90 valence electrons. The Labute approximate surface area is 106 Å². The van der Waals surface area contributed by atoms with E-state index >= 15 is 0 Å². The second kappa shape index (κ2) is 4.14. The summed E-state index contributed by atoms with van der Waals surface area (Å²) in [7, 11) is 0. The highest BCUT2D eigenvalue weighted by atomic mass is 15.2. The van der Waals surface area contributed by atoms with Gasteiger partial charge in [0.25, 0.3) is 0 Å². The molecule has 1 aromatic heterocycles. The van der Waals surface area contributed by atoms with Crippen LogP contribution < -0.4 is 10.6 Å². The number of benzene rings is 1. The number of nitrogens with two attached hydrogens (primary N) is 1. The van der Waals surface area contributed by atoms with Gasteiger partial charge in [-0.25, -0.2) is 4.98 Å². The number of aromatic nitrogens is 1. The Morgan fingerprint density at radius 3 is 2.83 bits per heavy atom. The minimum atomic E-state index is 0.00401. The van der Waals surface area contributed by atoms with Crippen LogP contribution >= 0.6 is 0 Å². The molecule has 18 heavy (non-hydrogen) atoms. The van der Waals surface area contributed by atoms with E-state index in [9.17, 15) is 0 Å². The average molecular weight is 238 g/mol. The molecule has 4 heteroatoms. The minimum absolute atomic E-state index is 0.00401. The number of nitrogen functional groups attached to an aromatic ring is 1. The molecule has 4 nitrogen and oxygen atoms in total. The predicted molar refractivity (Wildman–Crippen MR) is 72.4 cm³/mol. The van der Waals surface area contributed by atoms with Crippen molar-refractivity contribution in [3.05, 3.63) is 53.7 Å². The Hall–Kier alpha value is -2.36. The lowest BCUT2D eigenvalue weighted by atomic mass is 10.2. The summed E-state index contributed by atoms with van der Waals surface area (Å²) in [5.74, 6) is 0.858. The second-order valence-corrected chi connectivity index (χ2v) is 4.33. The Balaban J connectivity index is 2.02. The molecule has 0 bridgehead atoms. The summed E-state index contributed by atoms with van der Waals surface area (Å²) in [6.07, 6.45) is 1.03. The van der Waals surface area contributed by atoms with Crippen molar-refractivity contribution in [2.45, 2.75) is 6.42 Å². The SMILES string of the molecule is N=C(N)c1cccc(N2CCc3ccccc32)n1.